The topological polar surface area (TPSA) is 69.6 Å². The van der Waals surface area contributed by atoms with Crippen LogP contribution in [0.3, 0.4) is 0 Å². The molecular formula is C9H15NO3. The van der Waals surface area contributed by atoms with Gasteiger partial charge >= 0.3 is 0 Å². The van der Waals surface area contributed by atoms with Crippen LogP contribution in [-0.4, -0.2) is 41.3 Å². The molecule has 1 aliphatic carbocycles. The Bertz CT molecular complexity index is 205. The first-order valence-electron chi connectivity index (χ1n) is 4.36. The summed E-state index contributed by atoms with van der Waals surface area (Å²) in [6.07, 6.45) is 0.938. The van der Waals surface area contributed by atoms with E-state index in [0.29, 0.717) is 6.54 Å². The van der Waals surface area contributed by atoms with Gasteiger partial charge in [-0.3, -0.25) is 4.79 Å². The lowest BCUT2D eigenvalue weighted by Crippen LogP contribution is -2.42. The Balaban J connectivity index is 2.56. The first-order chi connectivity index (χ1) is 6.20. The van der Waals surface area contributed by atoms with E-state index in [0.717, 1.165) is 0 Å². The third kappa shape index (κ3) is 2.15. The van der Waals surface area contributed by atoms with Crippen molar-refractivity contribution in [3.8, 4) is 0 Å². The monoisotopic (exact) mass is 185 g/mol. The molecule has 0 aliphatic heterocycles. The second-order valence-corrected chi connectivity index (χ2v) is 3.28. The third-order valence-corrected chi connectivity index (χ3v) is 2.37. The summed E-state index contributed by atoms with van der Waals surface area (Å²) in [4.78, 5) is 11.1. The SMILES string of the molecule is C=CCNC1C(CO)CC(=O)C1O. The quantitative estimate of drug-likeness (QED) is 0.495. The zero-order chi connectivity index (χ0) is 9.84. The number of hydrogen-bond acceptors (Lipinski definition) is 4. The molecule has 0 bridgehead atoms. The van der Waals surface area contributed by atoms with Crippen LogP contribution in [0.5, 0.6) is 0 Å². The van der Waals surface area contributed by atoms with E-state index >= 15 is 0 Å². The molecule has 3 atom stereocenters. The summed E-state index contributed by atoms with van der Waals surface area (Å²) in [6, 6.07) is -0.324. The van der Waals surface area contributed by atoms with E-state index in [1.165, 1.54) is 0 Å². The van der Waals surface area contributed by atoms with Crippen LogP contribution in [0.25, 0.3) is 0 Å². The predicted molar refractivity (Wildman–Crippen MR) is 48.2 cm³/mol. The van der Waals surface area contributed by atoms with Crippen LogP contribution in [-0.2, 0) is 4.79 Å². The van der Waals surface area contributed by atoms with Crippen molar-refractivity contribution >= 4 is 5.78 Å². The van der Waals surface area contributed by atoms with Crippen LogP contribution >= 0.6 is 0 Å². The van der Waals surface area contributed by atoms with Gasteiger partial charge in [-0.1, -0.05) is 6.08 Å². The second-order valence-electron chi connectivity index (χ2n) is 3.28. The molecule has 0 spiro atoms. The average molecular weight is 185 g/mol. The largest absolute Gasteiger partial charge is 0.396 e. The molecular weight excluding hydrogens is 170 g/mol. The van der Waals surface area contributed by atoms with Crippen LogP contribution in [0.2, 0.25) is 0 Å². The lowest BCUT2D eigenvalue weighted by Gasteiger charge is -2.19. The highest BCUT2D eigenvalue weighted by molar-refractivity contribution is 5.86. The Morgan fingerprint density at radius 2 is 2.38 bits per heavy atom. The number of hydrogen-bond donors (Lipinski definition) is 3. The Morgan fingerprint density at radius 3 is 2.92 bits per heavy atom. The number of ketones is 1. The minimum absolute atomic E-state index is 0.0718. The molecule has 1 saturated carbocycles. The van der Waals surface area contributed by atoms with E-state index in [4.69, 9.17) is 5.11 Å². The molecule has 3 unspecified atom stereocenters. The minimum Gasteiger partial charge on any atom is -0.396 e. The Morgan fingerprint density at radius 1 is 1.69 bits per heavy atom. The standard InChI is InChI=1S/C9H15NO3/c1-2-3-10-8-6(5-11)4-7(12)9(8)13/h2,6,8-11,13H,1,3-5H2. The smallest absolute Gasteiger partial charge is 0.163 e. The van der Waals surface area contributed by atoms with Crippen molar-refractivity contribution in [3.05, 3.63) is 12.7 Å². The predicted octanol–water partition coefficient (Wildman–Crippen LogP) is -0.927. The average Bonchev–Trinajstić information content (AvgIpc) is 2.40. The van der Waals surface area contributed by atoms with Crippen LogP contribution < -0.4 is 5.32 Å². The van der Waals surface area contributed by atoms with Crippen molar-refractivity contribution in [3.63, 3.8) is 0 Å². The third-order valence-electron chi connectivity index (χ3n) is 2.37. The van der Waals surface area contributed by atoms with E-state index in [1.807, 2.05) is 0 Å². The summed E-state index contributed by atoms with van der Waals surface area (Å²) in [7, 11) is 0. The van der Waals surface area contributed by atoms with Gasteiger partial charge in [0.2, 0.25) is 0 Å². The van der Waals surface area contributed by atoms with Gasteiger partial charge in [0, 0.05) is 31.5 Å². The Hall–Kier alpha value is -0.710. The highest BCUT2D eigenvalue weighted by atomic mass is 16.3. The maximum atomic E-state index is 11.1. The highest BCUT2D eigenvalue weighted by Gasteiger charge is 2.40. The normalized spacial score (nSPS) is 33.7. The molecule has 0 aromatic heterocycles. The van der Waals surface area contributed by atoms with Gasteiger partial charge in [-0.25, -0.2) is 0 Å². The molecule has 4 heteroatoms. The van der Waals surface area contributed by atoms with E-state index in [1.54, 1.807) is 6.08 Å². The number of aliphatic hydroxyl groups is 2. The Kier molecular flexibility index (Phi) is 3.59. The Labute approximate surface area is 77.3 Å². The molecule has 0 heterocycles. The molecule has 0 saturated heterocycles. The fourth-order valence-electron chi connectivity index (χ4n) is 1.64. The van der Waals surface area contributed by atoms with Gasteiger partial charge in [0.15, 0.2) is 5.78 Å². The first-order valence-corrected chi connectivity index (χ1v) is 4.36. The van der Waals surface area contributed by atoms with Crippen molar-refractivity contribution in [2.24, 2.45) is 5.92 Å². The number of nitrogens with one attached hydrogen (secondary N) is 1. The minimum atomic E-state index is -0.975. The molecule has 4 nitrogen and oxygen atoms in total. The molecule has 0 aromatic rings. The van der Waals surface area contributed by atoms with E-state index in [-0.39, 0.29) is 30.8 Å². The van der Waals surface area contributed by atoms with Gasteiger partial charge in [0.05, 0.1) is 0 Å². The van der Waals surface area contributed by atoms with Crippen LogP contribution in [0.4, 0.5) is 0 Å². The zero-order valence-electron chi connectivity index (χ0n) is 7.44. The van der Waals surface area contributed by atoms with Crippen molar-refractivity contribution in [1.29, 1.82) is 0 Å². The molecule has 1 fully saturated rings. The fraction of sp³-hybridized carbons (Fsp3) is 0.667. The summed E-state index contributed by atoms with van der Waals surface area (Å²) in [5.74, 6) is -0.358. The summed E-state index contributed by atoms with van der Waals surface area (Å²) in [5.41, 5.74) is 0. The molecule has 1 rings (SSSR count). The molecule has 74 valence electrons. The van der Waals surface area contributed by atoms with Gasteiger partial charge in [-0.2, -0.15) is 0 Å². The molecule has 1 aliphatic rings. The lowest BCUT2D eigenvalue weighted by molar-refractivity contribution is -0.124. The number of carbonyl (C=O) groups is 1. The zero-order valence-corrected chi connectivity index (χ0v) is 7.44. The van der Waals surface area contributed by atoms with Crippen LogP contribution in [0.1, 0.15) is 6.42 Å². The van der Waals surface area contributed by atoms with Crippen LogP contribution in [0.15, 0.2) is 12.7 Å². The number of aliphatic hydroxyl groups excluding tert-OH is 2. The lowest BCUT2D eigenvalue weighted by atomic mass is 10.0. The molecule has 3 N–H and O–H groups in total. The van der Waals surface area contributed by atoms with Crippen molar-refractivity contribution in [2.75, 3.05) is 13.2 Å². The van der Waals surface area contributed by atoms with Gasteiger partial charge in [0.1, 0.15) is 6.10 Å². The summed E-state index contributed by atoms with van der Waals surface area (Å²) in [5, 5.41) is 21.3. The summed E-state index contributed by atoms with van der Waals surface area (Å²) >= 11 is 0. The van der Waals surface area contributed by atoms with Crippen LogP contribution in [0, 0.1) is 5.92 Å². The van der Waals surface area contributed by atoms with Gasteiger partial charge in [0.25, 0.3) is 0 Å². The highest BCUT2D eigenvalue weighted by Crippen LogP contribution is 2.22. The first kappa shape index (κ1) is 10.4. The van der Waals surface area contributed by atoms with Crippen molar-refractivity contribution in [2.45, 2.75) is 18.6 Å². The van der Waals surface area contributed by atoms with Crippen molar-refractivity contribution < 1.29 is 15.0 Å². The van der Waals surface area contributed by atoms with E-state index in [2.05, 4.69) is 11.9 Å². The molecule has 0 radical (unpaired) electrons. The second kappa shape index (κ2) is 4.50. The molecule has 13 heavy (non-hydrogen) atoms. The number of rotatable bonds is 4. The van der Waals surface area contributed by atoms with Gasteiger partial charge in [-0.15, -0.1) is 6.58 Å². The molecule has 0 aromatic carbocycles. The molecule has 0 amide bonds. The maximum Gasteiger partial charge on any atom is 0.163 e. The summed E-state index contributed by atoms with van der Waals surface area (Å²) < 4.78 is 0. The maximum absolute atomic E-state index is 11.1. The summed E-state index contributed by atoms with van der Waals surface area (Å²) in [6.45, 7) is 3.99. The number of Topliss-reactive ketones (excluding diaryl/α,β-unsaturated/α-hetero) is 1. The van der Waals surface area contributed by atoms with E-state index < -0.39 is 6.10 Å². The van der Waals surface area contributed by atoms with Gasteiger partial charge < -0.3 is 15.5 Å². The van der Waals surface area contributed by atoms with Gasteiger partial charge in [-0.05, 0) is 0 Å². The number of carbonyl (C=O) groups excluding carboxylic acids is 1. The van der Waals surface area contributed by atoms with Crippen molar-refractivity contribution in [1.82, 2.24) is 5.32 Å². The van der Waals surface area contributed by atoms with E-state index in [9.17, 15) is 9.90 Å². The fourth-order valence-corrected chi connectivity index (χ4v) is 1.64.